The quantitative estimate of drug-likeness (QED) is 0.710. The Bertz CT molecular complexity index is 382. The van der Waals surface area contributed by atoms with E-state index in [1.807, 2.05) is 13.0 Å². The predicted molar refractivity (Wildman–Crippen MR) is 61.8 cm³/mol. The molecular weight excluding hydrogens is 224 g/mol. The number of aromatic nitrogens is 1. The van der Waals surface area contributed by atoms with Gasteiger partial charge in [-0.3, -0.25) is 4.79 Å². The molecule has 6 heteroatoms. The Kier molecular flexibility index (Phi) is 5.46. The van der Waals surface area contributed by atoms with Crippen LogP contribution in [0.5, 0.6) is 0 Å². The summed E-state index contributed by atoms with van der Waals surface area (Å²) in [6, 6.07) is 1.97. The third-order valence-electron chi connectivity index (χ3n) is 1.81. The van der Waals surface area contributed by atoms with Crippen LogP contribution < -0.4 is 10.6 Å². The maximum Gasteiger partial charge on any atom is 0.234 e. The summed E-state index contributed by atoms with van der Waals surface area (Å²) in [6.07, 6.45) is 2.15. The Morgan fingerprint density at radius 2 is 2.50 bits per heavy atom. The molecule has 86 valence electrons. The zero-order valence-electron chi connectivity index (χ0n) is 9.12. The Labute approximate surface area is 98.5 Å². The van der Waals surface area contributed by atoms with Gasteiger partial charge in [-0.2, -0.15) is 5.26 Å². The van der Waals surface area contributed by atoms with E-state index in [0.29, 0.717) is 19.5 Å². The van der Waals surface area contributed by atoms with Gasteiger partial charge in [0.15, 0.2) is 0 Å². The first-order chi connectivity index (χ1) is 7.72. The Morgan fingerprint density at radius 1 is 1.69 bits per heavy atom. The molecule has 16 heavy (non-hydrogen) atoms. The predicted octanol–water partition coefficient (Wildman–Crippen LogP) is 0.571. The first kappa shape index (κ1) is 12.6. The van der Waals surface area contributed by atoms with Crippen LogP contribution in [-0.4, -0.2) is 24.0 Å². The third-order valence-corrected chi connectivity index (χ3v) is 2.73. The number of rotatable bonds is 6. The summed E-state index contributed by atoms with van der Waals surface area (Å²) in [5.41, 5.74) is 0. The zero-order valence-corrected chi connectivity index (χ0v) is 9.93. The molecule has 0 atom stereocenters. The monoisotopic (exact) mass is 238 g/mol. The van der Waals surface area contributed by atoms with Crippen LogP contribution in [0.25, 0.3) is 0 Å². The highest BCUT2D eigenvalue weighted by atomic mass is 32.1. The molecule has 0 saturated heterocycles. The van der Waals surface area contributed by atoms with E-state index in [1.54, 1.807) is 17.5 Å². The number of carbonyl (C=O) groups excluding carboxylic acids is 1. The standard InChI is InChI=1S/C10H14N4OS/c1-8-14-6-9(16-8)5-12-7-10(15)13-4-2-3-11/h6,12H,2,4-5,7H2,1H3,(H,13,15). The number of carbonyl (C=O) groups is 1. The van der Waals surface area contributed by atoms with Gasteiger partial charge in [-0.05, 0) is 6.92 Å². The molecule has 0 aromatic carbocycles. The van der Waals surface area contributed by atoms with E-state index in [4.69, 9.17) is 5.26 Å². The van der Waals surface area contributed by atoms with Crippen LogP contribution in [-0.2, 0) is 11.3 Å². The van der Waals surface area contributed by atoms with Gasteiger partial charge in [0.2, 0.25) is 5.91 Å². The molecule has 0 radical (unpaired) electrons. The van der Waals surface area contributed by atoms with Crippen LogP contribution in [0.2, 0.25) is 0 Å². The average molecular weight is 238 g/mol. The lowest BCUT2D eigenvalue weighted by molar-refractivity contribution is -0.120. The molecule has 1 rings (SSSR count). The molecule has 1 aromatic heterocycles. The van der Waals surface area contributed by atoms with E-state index < -0.39 is 0 Å². The first-order valence-corrected chi connectivity index (χ1v) is 5.79. The Hall–Kier alpha value is -1.45. The van der Waals surface area contributed by atoms with Crippen molar-refractivity contribution in [3.63, 3.8) is 0 Å². The fourth-order valence-corrected chi connectivity index (χ4v) is 1.87. The molecule has 5 nitrogen and oxygen atoms in total. The largest absolute Gasteiger partial charge is 0.354 e. The van der Waals surface area contributed by atoms with Crippen molar-refractivity contribution in [1.82, 2.24) is 15.6 Å². The lowest BCUT2D eigenvalue weighted by Gasteiger charge is -2.03. The summed E-state index contributed by atoms with van der Waals surface area (Å²) >= 11 is 1.61. The van der Waals surface area contributed by atoms with Crippen molar-refractivity contribution in [1.29, 1.82) is 5.26 Å². The van der Waals surface area contributed by atoms with E-state index >= 15 is 0 Å². The van der Waals surface area contributed by atoms with Crippen molar-refractivity contribution in [3.8, 4) is 6.07 Å². The molecule has 1 aromatic rings. The second kappa shape index (κ2) is 6.93. The van der Waals surface area contributed by atoms with Crippen molar-refractivity contribution in [2.75, 3.05) is 13.1 Å². The van der Waals surface area contributed by atoms with E-state index in [9.17, 15) is 4.79 Å². The number of nitrogens with one attached hydrogen (secondary N) is 2. The molecule has 0 aliphatic heterocycles. The summed E-state index contributed by atoms with van der Waals surface area (Å²) in [5, 5.41) is 15.0. The molecule has 1 heterocycles. The average Bonchev–Trinajstić information content (AvgIpc) is 2.65. The van der Waals surface area contributed by atoms with Crippen LogP contribution in [0.4, 0.5) is 0 Å². The number of nitriles is 1. The number of aryl methyl sites for hydroxylation is 1. The molecule has 0 spiro atoms. The normalized spacial score (nSPS) is 9.75. The first-order valence-electron chi connectivity index (χ1n) is 4.98. The van der Waals surface area contributed by atoms with Crippen molar-refractivity contribution in [2.24, 2.45) is 0 Å². The SMILES string of the molecule is Cc1ncc(CNCC(=O)NCCC#N)s1. The molecule has 0 aliphatic carbocycles. The van der Waals surface area contributed by atoms with Gasteiger partial charge in [-0.1, -0.05) is 0 Å². The molecule has 1 amide bonds. The molecule has 0 aliphatic rings. The van der Waals surface area contributed by atoms with Crippen molar-refractivity contribution < 1.29 is 4.79 Å². The second-order valence-electron chi connectivity index (χ2n) is 3.21. The third kappa shape index (κ3) is 4.87. The summed E-state index contributed by atoms with van der Waals surface area (Å²) < 4.78 is 0. The van der Waals surface area contributed by atoms with E-state index in [2.05, 4.69) is 15.6 Å². The fraction of sp³-hybridized carbons (Fsp3) is 0.500. The van der Waals surface area contributed by atoms with E-state index in [0.717, 1.165) is 9.88 Å². The van der Waals surface area contributed by atoms with Gasteiger partial charge in [0, 0.05) is 24.2 Å². The van der Waals surface area contributed by atoms with Gasteiger partial charge >= 0.3 is 0 Å². The number of hydrogen-bond acceptors (Lipinski definition) is 5. The molecule has 0 fully saturated rings. The van der Waals surface area contributed by atoms with E-state index in [-0.39, 0.29) is 12.5 Å². The summed E-state index contributed by atoms with van der Waals surface area (Å²) in [4.78, 5) is 16.4. The smallest absolute Gasteiger partial charge is 0.234 e. The number of hydrogen-bond donors (Lipinski definition) is 2. The number of thiazole rings is 1. The minimum Gasteiger partial charge on any atom is -0.354 e. The zero-order chi connectivity index (χ0) is 11.8. The van der Waals surface area contributed by atoms with Crippen molar-refractivity contribution >= 4 is 17.2 Å². The lowest BCUT2D eigenvalue weighted by atomic mass is 10.4. The summed E-state index contributed by atoms with van der Waals surface area (Å²) in [6.45, 7) is 3.28. The minimum absolute atomic E-state index is 0.0866. The maximum absolute atomic E-state index is 11.2. The second-order valence-corrected chi connectivity index (χ2v) is 4.53. The Morgan fingerprint density at radius 3 is 3.12 bits per heavy atom. The highest BCUT2D eigenvalue weighted by Crippen LogP contribution is 2.10. The molecule has 0 unspecified atom stereocenters. The lowest BCUT2D eigenvalue weighted by Crippen LogP contribution is -2.33. The molecule has 0 saturated carbocycles. The number of nitrogens with zero attached hydrogens (tertiary/aromatic N) is 2. The highest BCUT2D eigenvalue weighted by Gasteiger charge is 2.01. The van der Waals surface area contributed by atoms with Gasteiger partial charge in [0.1, 0.15) is 0 Å². The maximum atomic E-state index is 11.2. The van der Waals surface area contributed by atoms with Gasteiger partial charge < -0.3 is 10.6 Å². The topological polar surface area (TPSA) is 77.8 Å². The molecule has 2 N–H and O–H groups in total. The van der Waals surface area contributed by atoms with Gasteiger partial charge in [-0.15, -0.1) is 11.3 Å². The van der Waals surface area contributed by atoms with E-state index in [1.165, 1.54) is 0 Å². The van der Waals surface area contributed by atoms with Gasteiger partial charge in [-0.25, -0.2) is 4.98 Å². The van der Waals surface area contributed by atoms with Crippen LogP contribution in [0, 0.1) is 18.3 Å². The Balaban J connectivity index is 2.11. The number of amides is 1. The highest BCUT2D eigenvalue weighted by molar-refractivity contribution is 7.11. The van der Waals surface area contributed by atoms with Crippen LogP contribution in [0.3, 0.4) is 0 Å². The van der Waals surface area contributed by atoms with Crippen molar-refractivity contribution in [3.05, 3.63) is 16.1 Å². The summed E-state index contributed by atoms with van der Waals surface area (Å²) in [7, 11) is 0. The van der Waals surface area contributed by atoms with Crippen LogP contribution in [0.15, 0.2) is 6.20 Å². The van der Waals surface area contributed by atoms with Gasteiger partial charge in [0.05, 0.1) is 24.0 Å². The molecule has 0 bridgehead atoms. The van der Waals surface area contributed by atoms with Gasteiger partial charge in [0.25, 0.3) is 0 Å². The fourth-order valence-electron chi connectivity index (χ4n) is 1.11. The molecular formula is C10H14N4OS. The van der Waals surface area contributed by atoms with Crippen molar-refractivity contribution in [2.45, 2.75) is 19.9 Å². The minimum atomic E-state index is -0.0866. The summed E-state index contributed by atoms with van der Waals surface area (Å²) in [5.74, 6) is -0.0866. The van der Waals surface area contributed by atoms with Crippen LogP contribution >= 0.6 is 11.3 Å². The van der Waals surface area contributed by atoms with Crippen LogP contribution in [0.1, 0.15) is 16.3 Å².